The summed E-state index contributed by atoms with van der Waals surface area (Å²) in [5, 5.41) is 3.90. The molecule has 3 nitrogen and oxygen atoms in total. The van der Waals surface area contributed by atoms with Crippen molar-refractivity contribution in [2.45, 2.75) is 110 Å². The smallest absolute Gasteiger partial charge is 0.122 e. The summed E-state index contributed by atoms with van der Waals surface area (Å²) < 4.78 is 7.03. The van der Waals surface area contributed by atoms with E-state index in [1.54, 1.807) is 0 Å². The molecule has 170 valence electrons. The molecule has 0 bridgehead atoms. The second kappa shape index (κ2) is 6.70. The minimum Gasteiger partial charge on any atom is -0.357 e. The van der Waals surface area contributed by atoms with Crippen molar-refractivity contribution >= 4 is 0 Å². The van der Waals surface area contributed by atoms with Crippen LogP contribution in [0.25, 0.3) is 0 Å². The summed E-state index contributed by atoms with van der Waals surface area (Å²) in [4.78, 5) is 0. The Kier molecular flexibility index (Phi) is 4.58. The van der Waals surface area contributed by atoms with Gasteiger partial charge in [0.1, 0.15) is 5.72 Å². The summed E-state index contributed by atoms with van der Waals surface area (Å²) in [7, 11) is 0. The minimum absolute atomic E-state index is 0.0180. The second-order valence-electron chi connectivity index (χ2n) is 13.4. The van der Waals surface area contributed by atoms with Crippen LogP contribution in [0.15, 0.2) is 0 Å². The van der Waals surface area contributed by atoms with Gasteiger partial charge in [0, 0.05) is 18.5 Å². The van der Waals surface area contributed by atoms with Crippen molar-refractivity contribution < 1.29 is 4.74 Å². The van der Waals surface area contributed by atoms with Gasteiger partial charge in [-0.1, -0.05) is 27.7 Å². The molecule has 1 spiro atoms. The number of piperidine rings is 1. The molecule has 0 unspecified atom stereocenters. The van der Waals surface area contributed by atoms with Gasteiger partial charge < -0.3 is 10.5 Å². The number of ether oxygens (including phenoxy) is 1. The fourth-order valence-electron chi connectivity index (χ4n) is 10.5. The van der Waals surface area contributed by atoms with Gasteiger partial charge in [0.05, 0.1) is 6.10 Å². The Morgan fingerprint density at radius 2 is 1.67 bits per heavy atom. The third kappa shape index (κ3) is 2.61. The summed E-state index contributed by atoms with van der Waals surface area (Å²) in [6.45, 7) is 11.4. The number of hydrogen-bond donors (Lipinski definition) is 2. The number of fused-ring (bicyclic) bond motifs is 7. The van der Waals surface area contributed by atoms with Gasteiger partial charge in [0.15, 0.2) is 0 Å². The van der Waals surface area contributed by atoms with Gasteiger partial charge in [0.2, 0.25) is 0 Å². The monoisotopic (exact) mass is 414 g/mol. The van der Waals surface area contributed by atoms with E-state index in [1.165, 1.54) is 64.2 Å². The van der Waals surface area contributed by atoms with Crippen molar-refractivity contribution in [3.8, 4) is 0 Å². The molecule has 3 N–H and O–H groups in total. The van der Waals surface area contributed by atoms with Crippen LogP contribution >= 0.6 is 0 Å². The number of nitrogens with one attached hydrogen (secondary N) is 1. The van der Waals surface area contributed by atoms with E-state index < -0.39 is 0 Å². The highest BCUT2D eigenvalue weighted by Gasteiger charge is 2.68. The predicted molar refractivity (Wildman–Crippen MR) is 122 cm³/mol. The van der Waals surface area contributed by atoms with Crippen molar-refractivity contribution in [2.24, 2.45) is 58.0 Å². The van der Waals surface area contributed by atoms with Gasteiger partial charge in [0.25, 0.3) is 0 Å². The molecule has 0 aromatic heterocycles. The highest BCUT2D eigenvalue weighted by atomic mass is 16.5. The van der Waals surface area contributed by atoms with Gasteiger partial charge in [-0.2, -0.15) is 0 Å². The van der Waals surface area contributed by atoms with Crippen LogP contribution in [0, 0.1) is 52.3 Å². The summed E-state index contributed by atoms with van der Waals surface area (Å²) >= 11 is 0. The standard InChI is InChI=1S/C27H46N2O/c1-16-7-12-27(29-15-16)17(2)24-23(30-27)14-22-20-6-5-18-13-19(28)8-10-25(18,3)21(20)9-11-26(22,24)4/h16-24,29H,5-15,28H2,1-4H3/t16-,17+,18+,19+,20-,21+,22+,23+,24+,25+,26+,27-/m1/s1. The van der Waals surface area contributed by atoms with Crippen LogP contribution < -0.4 is 11.1 Å². The summed E-state index contributed by atoms with van der Waals surface area (Å²) in [5.41, 5.74) is 7.44. The highest BCUT2D eigenvalue weighted by molar-refractivity contribution is 5.16. The molecule has 0 radical (unpaired) electrons. The molecular formula is C27H46N2O. The molecule has 0 aromatic rings. The minimum atomic E-state index is -0.0180. The third-order valence-electron chi connectivity index (χ3n) is 12.2. The van der Waals surface area contributed by atoms with Crippen LogP contribution in [0.1, 0.15) is 91.9 Å². The van der Waals surface area contributed by atoms with Crippen molar-refractivity contribution in [3.63, 3.8) is 0 Å². The van der Waals surface area contributed by atoms with Crippen molar-refractivity contribution in [2.75, 3.05) is 6.54 Å². The quantitative estimate of drug-likeness (QED) is 0.563. The molecule has 3 heteroatoms. The van der Waals surface area contributed by atoms with Crippen LogP contribution in [0.4, 0.5) is 0 Å². The molecule has 4 aliphatic carbocycles. The Bertz CT molecular complexity index is 686. The SMILES string of the molecule is C[C@@H]1CC[C@@]2(NC1)O[C@H]1C[C@H]3[C@@H]4CC[C@H]5C[C@@H](N)CC[C@]5(C)[C@H]4CC[C@]3(C)[C@H]1[C@@H]2C. The predicted octanol–water partition coefficient (Wildman–Crippen LogP) is 5.33. The number of hydrogen-bond acceptors (Lipinski definition) is 3. The lowest BCUT2D eigenvalue weighted by Gasteiger charge is -2.61. The molecule has 2 heterocycles. The molecular weight excluding hydrogens is 368 g/mol. The van der Waals surface area contributed by atoms with Crippen LogP contribution in [0.5, 0.6) is 0 Å². The van der Waals surface area contributed by atoms with Crippen molar-refractivity contribution in [3.05, 3.63) is 0 Å². The summed E-state index contributed by atoms with van der Waals surface area (Å²) in [6.07, 6.45) is 14.1. The van der Waals surface area contributed by atoms with E-state index in [-0.39, 0.29) is 5.72 Å². The molecule has 6 rings (SSSR count). The van der Waals surface area contributed by atoms with Crippen molar-refractivity contribution in [1.82, 2.24) is 5.32 Å². The molecule has 2 saturated heterocycles. The van der Waals surface area contributed by atoms with E-state index >= 15 is 0 Å². The average molecular weight is 415 g/mol. The maximum atomic E-state index is 7.03. The third-order valence-corrected chi connectivity index (χ3v) is 12.2. The maximum absolute atomic E-state index is 7.03. The Hall–Kier alpha value is -0.120. The van der Waals surface area contributed by atoms with Crippen LogP contribution in [-0.4, -0.2) is 24.4 Å². The Balaban J connectivity index is 1.26. The van der Waals surface area contributed by atoms with Gasteiger partial charge >= 0.3 is 0 Å². The van der Waals surface area contributed by atoms with E-state index in [1.807, 2.05) is 0 Å². The zero-order valence-corrected chi connectivity index (χ0v) is 20.0. The molecule has 12 atom stereocenters. The second-order valence-corrected chi connectivity index (χ2v) is 13.4. The van der Waals surface area contributed by atoms with E-state index in [9.17, 15) is 0 Å². The highest BCUT2D eigenvalue weighted by Crippen LogP contribution is 2.70. The first kappa shape index (κ1) is 20.5. The molecule has 0 amide bonds. The Morgan fingerprint density at radius 1 is 0.867 bits per heavy atom. The van der Waals surface area contributed by atoms with Crippen molar-refractivity contribution in [1.29, 1.82) is 0 Å². The van der Waals surface area contributed by atoms with Crippen LogP contribution in [0.3, 0.4) is 0 Å². The van der Waals surface area contributed by atoms with E-state index in [2.05, 4.69) is 33.0 Å². The van der Waals surface area contributed by atoms with E-state index in [0.29, 0.717) is 28.9 Å². The Morgan fingerprint density at radius 3 is 2.43 bits per heavy atom. The number of rotatable bonds is 0. The van der Waals surface area contributed by atoms with Gasteiger partial charge in [-0.05, 0) is 111 Å². The fraction of sp³-hybridized carbons (Fsp3) is 1.00. The van der Waals surface area contributed by atoms with Gasteiger partial charge in [-0.3, -0.25) is 5.32 Å². The van der Waals surface area contributed by atoms with E-state index in [4.69, 9.17) is 10.5 Å². The molecule has 6 fully saturated rings. The molecule has 4 saturated carbocycles. The zero-order valence-electron chi connectivity index (χ0n) is 20.0. The molecule has 30 heavy (non-hydrogen) atoms. The Labute approximate surface area is 184 Å². The largest absolute Gasteiger partial charge is 0.357 e. The lowest BCUT2D eigenvalue weighted by molar-refractivity contribution is -0.133. The normalized spacial score (nSPS) is 62.5. The summed E-state index contributed by atoms with van der Waals surface area (Å²) in [5.74, 6) is 5.87. The van der Waals surface area contributed by atoms with E-state index in [0.717, 1.165) is 42.1 Å². The van der Waals surface area contributed by atoms with Crippen LogP contribution in [-0.2, 0) is 4.74 Å². The first-order valence-electron chi connectivity index (χ1n) is 13.5. The maximum Gasteiger partial charge on any atom is 0.122 e. The zero-order chi connectivity index (χ0) is 20.9. The summed E-state index contributed by atoms with van der Waals surface area (Å²) in [6, 6.07) is 0.468. The lowest BCUT2D eigenvalue weighted by Crippen LogP contribution is -2.57. The first-order chi connectivity index (χ1) is 14.3. The van der Waals surface area contributed by atoms with Gasteiger partial charge in [-0.25, -0.2) is 0 Å². The lowest BCUT2D eigenvalue weighted by atomic mass is 9.44. The average Bonchev–Trinajstić information content (AvgIpc) is 3.16. The first-order valence-corrected chi connectivity index (χ1v) is 13.5. The molecule has 6 aliphatic rings. The van der Waals surface area contributed by atoms with Gasteiger partial charge in [-0.15, -0.1) is 0 Å². The van der Waals surface area contributed by atoms with Crippen LogP contribution in [0.2, 0.25) is 0 Å². The molecule has 2 aliphatic heterocycles. The fourth-order valence-corrected chi connectivity index (χ4v) is 10.5. The topological polar surface area (TPSA) is 47.3 Å². The number of nitrogens with two attached hydrogens (primary N) is 1. The molecule has 0 aromatic carbocycles.